The summed E-state index contributed by atoms with van der Waals surface area (Å²) < 4.78 is 7.48. The van der Waals surface area contributed by atoms with E-state index in [4.69, 9.17) is 15.6 Å². The molecule has 0 saturated heterocycles. The van der Waals surface area contributed by atoms with E-state index < -0.39 is 5.97 Å². The van der Waals surface area contributed by atoms with Crippen molar-refractivity contribution in [2.24, 2.45) is 0 Å². The molecule has 0 aliphatic rings. The summed E-state index contributed by atoms with van der Waals surface area (Å²) in [5, 5.41) is 10.8. The number of ether oxygens (including phenoxy) is 1. The topological polar surface area (TPSA) is 89.9 Å². The van der Waals surface area contributed by atoms with Gasteiger partial charge < -0.3 is 15.6 Å². The van der Waals surface area contributed by atoms with Crippen molar-refractivity contribution in [2.45, 2.75) is 6.61 Å². The molecule has 0 unspecified atom stereocenters. The molecule has 20 heavy (non-hydrogen) atoms. The third-order valence-corrected chi connectivity index (χ3v) is 3.55. The highest BCUT2D eigenvalue weighted by Crippen LogP contribution is 2.23. The lowest BCUT2D eigenvalue weighted by Gasteiger charge is -2.07. The van der Waals surface area contributed by atoms with E-state index in [-0.39, 0.29) is 12.2 Å². The normalized spacial score (nSPS) is 10.8. The van der Waals surface area contributed by atoms with Crippen LogP contribution in [-0.2, 0) is 6.61 Å². The Morgan fingerprint density at radius 3 is 3.05 bits per heavy atom. The molecule has 0 atom stereocenters. The molecule has 0 aliphatic carbocycles. The average molecular weight is 289 g/mol. The minimum Gasteiger partial charge on any atom is -0.485 e. The number of nitrogens with two attached hydrogens (primary N) is 1. The molecule has 0 spiro atoms. The number of nitrogens with zero attached hydrogens (tertiary/aromatic N) is 2. The van der Waals surface area contributed by atoms with Gasteiger partial charge >= 0.3 is 5.97 Å². The lowest BCUT2D eigenvalue weighted by Crippen LogP contribution is -2.02. The predicted molar refractivity (Wildman–Crippen MR) is 75.2 cm³/mol. The number of aromatic carboxylic acids is 1. The molecule has 2 aromatic heterocycles. The molecule has 0 saturated carbocycles. The summed E-state index contributed by atoms with van der Waals surface area (Å²) in [5.41, 5.74) is 6.99. The number of thiazole rings is 1. The van der Waals surface area contributed by atoms with Crippen molar-refractivity contribution in [3.05, 3.63) is 47.2 Å². The average Bonchev–Trinajstić information content (AvgIpc) is 2.97. The molecule has 102 valence electrons. The minimum atomic E-state index is -1.02. The summed E-state index contributed by atoms with van der Waals surface area (Å²) in [6.07, 6.45) is 3.81. The molecule has 0 radical (unpaired) electrons. The number of hydrogen-bond acceptors (Lipinski definition) is 5. The lowest BCUT2D eigenvalue weighted by molar-refractivity contribution is 0.0697. The number of carboxylic acids is 1. The summed E-state index contributed by atoms with van der Waals surface area (Å²) in [7, 11) is 0. The number of anilines is 1. The van der Waals surface area contributed by atoms with E-state index in [1.807, 2.05) is 22.2 Å². The number of carbonyl (C=O) groups is 1. The van der Waals surface area contributed by atoms with E-state index in [9.17, 15) is 4.79 Å². The second kappa shape index (κ2) is 4.86. The summed E-state index contributed by atoms with van der Waals surface area (Å²) in [6.45, 7) is 0.283. The number of imidazole rings is 1. The van der Waals surface area contributed by atoms with Gasteiger partial charge in [0.25, 0.3) is 0 Å². The van der Waals surface area contributed by atoms with Crippen molar-refractivity contribution in [3.8, 4) is 5.75 Å². The van der Waals surface area contributed by atoms with Gasteiger partial charge in [-0.25, -0.2) is 9.78 Å². The molecular formula is C13H11N3O3S. The Morgan fingerprint density at radius 2 is 2.35 bits per heavy atom. The van der Waals surface area contributed by atoms with Crippen molar-refractivity contribution >= 4 is 28.0 Å². The van der Waals surface area contributed by atoms with E-state index in [2.05, 4.69) is 4.98 Å². The highest BCUT2D eigenvalue weighted by Gasteiger charge is 2.08. The van der Waals surface area contributed by atoms with Crippen molar-refractivity contribution in [1.82, 2.24) is 9.38 Å². The number of carboxylic acid groups (broad SMARTS) is 1. The maximum atomic E-state index is 10.8. The number of aromatic nitrogens is 2. The lowest BCUT2D eigenvalue weighted by atomic mass is 10.2. The van der Waals surface area contributed by atoms with Crippen LogP contribution in [0.2, 0.25) is 0 Å². The van der Waals surface area contributed by atoms with Crippen LogP contribution < -0.4 is 10.5 Å². The van der Waals surface area contributed by atoms with Gasteiger partial charge in [-0.3, -0.25) is 4.40 Å². The molecule has 2 heterocycles. The zero-order chi connectivity index (χ0) is 14.1. The first-order chi connectivity index (χ1) is 9.63. The molecule has 7 heteroatoms. The number of hydrogen-bond donors (Lipinski definition) is 2. The summed E-state index contributed by atoms with van der Waals surface area (Å²) >= 11 is 1.54. The predicted octanol–water partition coefficient (Wildman–Crippen LogP) is 2.26. The number of fused-ring (bicyclic) bond motifs is 1. The fraction of sp³-hybridized carbons (Fsp3) is 0.0769. The van der Waals surface area contributed by atoms with Gasteiger partial charge in [-0.2, -0.15) is 0 Å². The summed E-state index contributed by atoms with van der Waals surface area (Å²) in [4.78, 5) is 16.1. The van der Waals surface area contributed by atoms with E-state index in [0.29, 0.717) is 11.4 Å². The van der Waals surface area contributed by atoms with Gasteiger partial charge in [0.05, 0.1) is 16.9 Å². The van der Waals surface area contributed by atoms with Crippen molar-refractivity contribution in [2.75, 3.05) is 5.73 Å². The monoisotopic (exact) mass is 289 g/mol. The van der Waals surface area contributed by atoms with Crippen LogP contribution in [0.25, 0.3) is 4.96 Å². The Morgan fingerprint density at radius 1 is 1.50 bits per heavy atom. The van der Waals surface area contributed by atoms with Crippen LogP contribution in [0.4, 0.5) is 5.69 Å². The molecule has 0 bridgehead atoms. The zero-order valence-corrected chi connectivity index (χ0v) is 11.1. The fourth-order valence-corrected chi connectivity index (χ4v) is 2.53. The minimum absolute atomic E-state index is 0.136. The Kier molecular flexibility index (Phi) is 3.03. The smallest absolute Gasteiger partial charge is 0.335 e. The molecule has 1 aromatic carbocycles. The third kappa shape index (κ3) is 2.30. The highest BCUT2D eigenvalue weighted by atomic mass is 32.1. The summed E-state index contributed by atoms with van der Waals surface area (Å²) in [6, 6.07) is 4.39. The molecule has 3 N–H and O–H groups in total. The van der Waals surface area contributed by atoms with Gasteiger partial charge in [0.15, 0.2) is 4.96 Å². The van der Waals surface area contributed by atoms with Gasteiger partial charge in [0, 0.05) is 17.8 Å². The molecular weight excluding hydrogens is 278 g/mol. The van der Waals surface area contributed by atoms with Crippen molar-refractivity contribution < 1.29 is 14.6 Å². The van der Waals surface area contributed by atoms with Gasteiger partial charge in [0.1, 0.15) is 12.4 Å². The largest absolute Gasteiger partial charge is 0.485 e. The second-order valence-corrected chi connectivity index (χ2v) is 5.04. The Bertz CT molecular complexity index is 750. The van der Waals surface area contributed by atoms with Crippen LogP contribution in [0.15, 0.2) is 36.0 Å². The quantitative estimate of drug-likeness (QED) is 0.719. The number of nitrogen functional groups attached to an aromatic ring is 1. The number of benzene rings is 1. The molecule has 0 fully saturated rings. The zero-order valence-electron chi connectivity index (χ0n) is 10.3. The van der Waals surface area contributed by atoms with Crippen LogP contribution in [0.5, 0.6) is 5.75 Å². The first-order valence-corrected chi connectivity index (χ1v) is 6.68. The van der Waals surface area contributed by atoms with E-state index in [1.54, 1.807) is 17.4 Å². The van der Waals surface area contributed by atoms with E-state index >= 15 is 0 Å². The van der Waals surface area contributed by atoms with Crippen LogP contribution in [-0.4, -0.2) is 20.5 Å². The standard InChI is InChI=1S/C13H11N3O3S/c14-10-5-8(12(17)18)1-2-11(10)19-7-9-6-16-3-4-20-13(16)15-9/h1-6H,7,14H2,(H,17,18). The van der Waals surface area contributed by atoms with E-state index in [1.165, 1.54) is 12.1 Å². The highest BCUT2D eigenvalue weighted by molar-refractivity contribution is 7.15. The number of rotatable bonds is 4. The van der Waals surface area contributed by atoms with Crippen molar-refractivity contribution in [3.63, 3.8) is 0 Å². The van der Waals surface area contributed by atoms with Crippen LogP contribution in [0.1, 0.15) is 16.1 Å². The van der Waals surface area contributed by atoms with Crippen LogP contribution >= 0.6 is 11.3 Å². The van der Waals surface area contributed by atoms with Gasteiger partial charge in [0.2, 0.25) is 0 Å². The van der Waals surface area contributed by atoms with Crippen LogP contribution in [0, 0.1) is 0 Å². The first-order valence-electron chi connectivity index (χ1n) is 5.80. The Hall–Kier alpha value is -2.54. The van der Waals surface area contributed by atoms with Gasteiger partial charge in [-0.05, 0) is 18.2 Å². The fourth-order valence-electron chi connectivity index (χ4n) is 1.81. The molecule has 3 aromatic rings. The Balaban J connectivity index is 1.74. The maximum Gasteiger partial charge on any atom is 0.335 e. The third-order valence-electron chi connectivity index (χ3n) is 2.78. The maximum absolute atomic E-state index is 10.8. The second-order valence-electron chi connectivity index (χ2n) is 4.17. The van der Waals surface area contributed by atoms with Gasteiger partial charge in [-0.15, -0.1) is 11.3 Å². The molecule has 3 rings (SSSR count). The molecule has 0 amide bonds. The summed E-state index contributed by atoms with van der Waals surface area (Å²) in [5.74, 6) is -0.566. The van der Waals surface area contributed by atoms with Crippen LogP contribution in [0.3, 0.4) is 0 Å². The first kappa shape index (κ1) is 12.5. The SMILES string of the molecule is Nc1cc(C(=O)O)ccc1OCc1cn2ccsc2n1. The van der Waals surface area contributed by atoms with Gasteiger partial charge in [-0.1, -0.05) is 0 Å². The Labute approximate surface area is 118 Å². The van der Waals surface area contributed by atoms with Crippen molar-refractivity contribution in [1.29, 1.82) is 0 Å². The molecule has 6 nitrogen and oxygen atoms in total. The molecule has 0 aliphatic heterocycles. The van der Waals surface area contributed by atoms with E-state index in [0.717, 1.165) is 10.7 Å².